The van der Waals surface area contributed by atoms with Crippen molar-refractivity contribution in [2.45, 2.75) is 32.2 Å². The topological polar surface area (TPSA) is 29.5 Å². The summed E-state index contributed by atoms with van der Waals surface area (Å²) in [4.78, 5) is 14.6. The van der Waals surface area contributed by atoms with Crippen molar-refractivity contribution < 1.29 is 9.53 Å². The van der Waals surface area contributed by atoms with E-state index in [-0.39, 0.29) is 5.97 Å². The van der Waals surface area contributed by atoms with E-state index in [1.54, 1.807) is 0 Å². The Kier molecular flexibility index (Phi) is 4.25. The molecule has 0 amide bonds. The minimum absolute atomic E-state index is 0.173. The van der Waals surface area contributed by atoms with Crippen molar-refractivity contribution in [1.82, 2.24) is 4.90 Å². The summed E-state index contributed by atoms with van der Waals surface area (Å²) < 4.78 is 5.07. The van der Waals surface area contributed by atoms with Crippen LogP contribution in [0.4, 0.5) is 0 Å². The van der Waals surface area contributed by atoms with Crippen molar-refractivity contribution in [2.24, 2.45) is 5.92 Å². The molecule has 19 heavy (non-hydrogen) atoms. The number of esters is 1. The second-order valence-electron chi connectivity index (χ2n) is 5.60. The summed E-state index contributed by atoms with van der Waals surface area (Å²) in [5.74, 6) is 0.571. The van der Waals surface area contributed by atoms with Crippen molar-refractivity contribution in [2.75, 3.05) is 20.2 Å². The molecule has 0 saturated carbocycles. The van der Waals surface area contributed by atoms with Gasteiger partial charge in [0.2, 0.25) is 0 Å². The summed E-state index contributed by atoms with van der Waals surface area (Å²) in [6, 6.07) is 9.94. The minimum Gasteiger partial charge on any atom is -0.467 e. The highest BCUT2D eigenvalue weighted by Crippen LogP contribution is 2.33. The lowest BCUT2D eigenvalue weighted by atomic mass is 9.86. The van der Waals surface area contributed by atoms with Gasteiger partial charge in [-0.05, 0) is 44.3 Å². The van der Waals surface area contributed by atoms with Gasteiger partial charge >= 0.3 is 5.97 Å². The Morgan fingerprint density at radius 3 is 2.37 bits per heavy atom. The molecule has 2 rings (SSSR count). The maximum Gasteiger partial charge on any atom is 0.330 e. The summed E-state index contributed by atoms with van der Waals surface area (Å²) >= 11 is 0. The predicted octanol–water partition coefficient (Wildman–Crippen LogP) is 2.81. The quantitative estimate of drug-likeness (QED) is 0.784. The van der Waals surface area contributed by atoms with Crippen LogP contribution in [0.3, 0.4) is 0 Å². The molecule has 0 spiro atoms. The molecule has 1 heterocycles. The second-order valence-corrected chi connectivity index (χ2v) is 5.60. The molecule has 0 bridgehead atoms. The number of benzene rings is 1. The summed E-state index contributed by atoms with van der Waals surface area (Å²) in [5.41, 5.74) is 0.340. The lowest BCUT2D eigenvalue weighted by molar-refractivity contribution is -0.156. The van der Waals surface area contributed by atoms with Crippen molar-refractivity contribution in [1.29, 1.82) is 0 Å². The van der Waals surface area contributed by atoms with Gasteiger partial charge in [-0.3, -0.25) is 4.90 Å². The van der Waals surface area contributed by atoms with Crippen LogP contribution in [0.1, 0.15) is 32.3 Å². The first-order chi connectivity index (χ1) is 9.09. The van der Waals surface area contributed by atoms with E-state index in [0.717, 1.165) is 37.4 Å². The number of ether oxygens (including phenoxy) is 1. The van der Waals surface area contributed by atoms with Gasteiger partial charge in [-0.2, -0.15) is 0 Å². The molecule has 3 nitrogen and oxygen atoms in total. The molecule has 0 radical (unpaired) electrons. The minimum atomic E-state index is -0.670. The number of hydrogen-bond acceptors (Lipinski definition) is 3. The van der Waals surface area contributed by atoms with E-state index in [4.69, 9.17) is 4.74 Å². The first kappa shape index (κ1) is 14.1. The monoisotopic (exact) mass is 261 g/mol. The summed E-state index contributed by atoms with van der Waals surface area (Å²) in [6.45, 7) is 6.14. The number of methoxy groups -OCH3 is 1. The summed E-state index contributed by atoms with van der Waals surface area (Å²) in [5, 5.41) is 0. The Balaban J connectivity index is 2.33. The van der Waals surface area contributed by atoms with E-state index in [1.807, 2.05) is 37.3 Å². The number of hydrogen-bond donors (Lipinski definition) is 0. The van der Waals surface area contributed by atoms with Gasteiger partial charge in [-0.1, -0.05) is 37.3 Å². The SMILES string of the molecule is COC(=O)[C@](C)(c1ccccc1)N1CCC(C)CC1. The maximum absolute atomic E-state index is 12.4. The zero-order valence-electron chi connectivity index (χ0n) is 12.1. The Morgan fingerprint density at radius 2 is 1.84 bits per heavy atom. The van der Waals surface area contributed by atoms with Crippen LogP contribution in [-0.4, -0.2) is 31.1 Å². The zero-order valence-corrected chi connectivity index (χ0v) is 12.1. The van der Waals surface area contributed by atoms with Gasteiger partial charge in [0, 0.05) is 0 Å². The van der Waals surface area contributed by atoms with Crippen molar-refractivity contribution >= 4 is 5.97 Å². The van der Waals surface area contributed by atoms with Gasteiger partial charge in [0.25, 0.3) is 0 Å². The largest absolute Gasteiger partial charge is 0.467 e. The predicted molar refractivity (Wildman–Crippen MR) is 75.8 cm³/mol. The van der Waals surface area contributed by atoms with Gasteiger partial charge < -0.3 is 4.74 Å². The Labute approximate surface area is 115 Å². The highest BCUT2D eigenvalue weighted by atomic mass is 16.5. The Hall–Kier alpha value is -1.35. The normalized spacial score (nSPS) is 20.8. The fraction of sp³-hybridized carbons (Fsp3) is 0.562. The van der Waals surface area contributed by atoms with E-state index >= 15 is 0 Å². The Bertz CT molecular complexity index is 424. The average molecular weight is 261 g/mol. The van der Waals surface area contributed by atoms with Crippen LogP contribution < -0.4 is 0 Å². The smallest absolute Gasteiger partial charge is 0.330 e. The lowest BCUT2D eigenvalue weighted by Crippen LogP contribution is -2.53. The van der Waals surface area contributed by atoms with Gasteiger partial charge in [-0.15, -0.1) is 0 Å². The van der Waals surface area contributed by atoms with Gasteiger partial charge in [0.15, 0.2) is 0 Å². The third-order valence-corrected chi connectivity index (χ3v) is 4.33. The standard InChI is InChI=1S/C16H23NO2/c1-13-9-11-17(12-10-13)16(2,15(18)19-3)14-7-5-4-6-8-14/h4-8,13H,9-12H2,1-3H3/t16-/m0/s1. The van der Waals surface area contributed by atoms with Crippen molar-refractivity contribution in [3.05, 3.63) is 35.9 Å². The molecule has 104 valence electrons. The van der Waals surface area contributed by atoms with E-state index in [9.17, 15) is 4.79 Å². The number of likely N-dealkylation sites (tertiary alicyclic amines) is 1. The Morgan fingerprint density at radius 1 is 1.26 bits per heavy atom. The molecular weight excluding hydrogens is 238 g/mol. The van der Waals surface area contributed by atoms with E-state index < -0.39 is 5.54 Å². The van der Waals surface area contributed by atoms with E-state index in [1.165, 1.54) is 7.11 Å². The highest BCUT2D eigenvalue weighted by molar-refractivity contribution is 5.82. The van der Waals surface area contributed by atoms with Gasteiger partial charge in [-0.25, -0.2) is 4.79 Å². The zero-order chi connectivity index (χ0) is 13.9. The highest BCUT2D eigenvalue weighted by Gasteiger charge is 2.43. The molecule has 1 saturated heterocycles. The molecule has 1 aromatic carbocycles. The molecule has 0 unspecified atom stereocenters. The molecule has 1 aromatic rings. The third kappa shape index (κ3) is 2.66. The summed E-state index contributed by atoms with van der Waals surface area (Å²) in [7, 11) is 1.47. The number of rotatable bonds is 3. The molecule has 0 aliphatic carbocycles. The molecular formula is C16H23NO2. The number of carbonyl (C=O) groups excluding carboxylic acids is 1. The lowest BCUT2D eigenvalue weighted by Gasteiger charge is -2.42. The van der Waals surface area contributed by atoms with Crippen LogP contribution in [0, 0.1) is 5.92 Å². The summed E-state index contributed by atoms with van der Waals surface area (Å²) in [6.07, 6.45) is 2.28. The van der Waals surface area contributed by atoms with Crippen LogP contribution in [0.25, 0.3) is 0 Å². The second kappa shape index (κ2) is 5.74. The number of piperidine rings is 1. The first-order valence-corrected chi connectivity index (χ1v) is 6.98. The molecule has 1 fully saturated rings. The van der Waals surface area contributed by atoms with Crippen LogP contribution >= 0.6 is 0 Å². The molecule has 1 atom stereocenters. The molecule has 0 N–H and O–H groups in total. The maximum atomic E-state index is 12.4. The first-order valence-electron chi connectivity index (χ1n) is 6.98. The van der Waals surface area contributed by atoms with Gasteiger partial charge in [0.05, 0.1) is 7.11 Å². The average Bonchev–Trinajstić information content (AvgIpc) is 2.47. The van der Waals surface area contributed by atoms with Crippen LogP contribution in [0.15, 0.2) is 30.3 Å². The fourth-order valence-corrected chi connectivity index (χ4v) is 2.85. The van der Waals surface area contributed by atoms with Crippen molar-refractivity contribution in [3.8, 4) is 0 Å². The van der Waals surface area contributed by atoms with Crippen molar-refractivity contribution in [3.63, 3.8) is 0 Å². The van der Waals surface area contributed by atoms with Crippen LogP contribution in [0.5, 0.6) is 0 Å². The van der Waals surface area contributed by atoms with Gasteiger partial charge in [0.1, 0.15) is 5.54 Å². The molecule has 0 aromatic heterocycles. The number of nitrogens with zero attached hydrogens (tertiary/aromatic N) is 1. The fourth-order valence-electron chi connectivity index (χ4n) is 2.85. The van der Waals surface area contributed by atoms with Crippen LogP contribution in [-0.2, 0) is 15.1 Å². The molecule has 3 heteroatoms. The molecule has 1 aliphatic rings. The number of carbonyl (C=O) groups is 1. The van der Waals surface area contributed by atoms with E-state index in [2.05, 4.69) is 11.8 Å². The molecule has 1 aliphatic heterocycles. The van der Waals surface area contributed by atoms with E-state index in [0.29, 0.717) is 0 Å². The van der Waals surface area contributed by atoms with Crippen LogP contribution in [0.2, 0.25) is 0 Å². The third-order valence-electron chi connectivity index (χ3n) is 4.33.